The summed E-state index contributed by atoms with van der Waals surface area (Å²) in [5.41, 5.74) is 0.883. The minimum atomic E-state index is -0.287. The van der Waals surface area contributed by atoms with E-state index in [0.29, 0.717) is 0 Å². The molecule has 0 bridgehead atoms. The molecule has 3 heteroatoms. The summed E-state index contributed by atoms with van der Waals surface area (Å²) in [5.74, 6) is 0.855. The van der Waals surface area contributed by atoms with Crippen LogP contribution in [0.4, 0.5) is 0 Å². The van der Waals surface area contributed by atoms with Crippen LogP contribution < -0.4 is 10.1 Å². The van der Waals surface area contributed by atoms with Crippen molar-refractivity contribution in [2.75, 3.05) is 6.61 Å². The van der Waals surface area contributed by atoms with Crippen molar-refractivity contribution in [1.29, 1.82) is 5.26 Å². The molecule has 1 rings (SSSR count). The highest BCUT2D eigenvalue weighted by Gasteiger charge is 2.18. The maximum atomic E-state index is 9.21. The van der Waals surface area contributed by atoms with Gasteiger partial charge in [-0.15, -0.1) is 0 Å². The van der Waals surface area contributed by atoms with Gasteiger partial charge in [-0.25, -0.2) is 0 Å². The number of nitrogens with zero attached hydrogens (tertiary/aromatic N) is 1. The van der Waals surface area contributed by atoms with Crippen molar-refractivity contribution in [2.24, 2.45) is 0 Å². The average Bonchev–Trinajstić information content (AvgIpc) is 2.33. The number of hydrogen-bond acceptors (Lipinski definition) is 3. The van der Waals surface area contributed by atoms with Crippen molar-refractivity contribution in [1.82, 2.24) is 5.32 Å². The smallest absolute Gasteiger partial charge is 0.121 e. The first-order chi connectivity index (χ1) is 8.46. The molecule has 0 amide bonds. The molecule has 0 fully saturated rings. The lowest BCUT2D eigenvalue weighted by Gasteiger charge is -2.24. The number of nitriles is 1. The van der Waals surface area contributed by atoms with Gasteiger partial charge < -0.3 is 4.74 Å². The second-order valence-electron chi connectivity index (χ2n) is 5.37. The summed E-state index contributed by atoms with van der Waals surface area (Å²) in [7, 11) is 0. The van der Waals surface area contributed by atoms with Gasteiger partial charge in [0.05, 0.1) is 12.7 Å². The second-order valence-corrected chi connectivity index (χ2v) is 5.37. The zero-order valence-electron chi connectivity index (χ0n) is 11.7. The molecule has 0 aromatic heterocycles. The molecule has 1 atom stereocenters. The Morgan fingerprint density at radius 3 is 2.33 bits per heavy atom. The fourth-order valence-electron chi connectivity index (χ4n) is 1.60. The Labute approximate surface area is 110 Å². The maximum Gasteiger partial charge on any atom is 0.121 e. The van der Waals surface area contributed by atoms with Crippen LogP contribution in [0, 0.1) is 11.3 Å². The summed E-state index contributed by atoms with van der Waals surface area (Å²) in [5, 5.41) is 12.5. The van der Waals surface area contributed by atoms with E-state index in [4.69, 9.17) is 4.74 Å². The number of benzene rings is 1. The van der Waals surface area contributed by atoms with Crippen molar-refractivity contribution in [3.05, 3.63) is 29.8 Å². The molecule has 0 aliphatic heterocycles. The van der Waals surface area contributed by atoms with E-state index in [-0.39, 0.29) is 11.6 Å². The van der Waals surface area contributed by atoms with Crippen LogP contribution in [0.3, 0.4) is 0 Å². The molecular weight excluding hydrogens is 224 g/mol. The van der Waals surface area contributed by atoms with Crippen molar-refractivity contribution >= 4 is 0 Å². The van der Waals surface area contributed by atoms with Gasteiger partial charge in [-0.1, -0.05) is 19.1 Å². The summed E-state index contributed by atoms with van der Waals surface area (Å²) in [4.78, 5) is 0. The Kier molecular flexibility index (Phi) is 5.18. The Hall–Kier alpha value is -1.53. The molecule has 0 aliphatic rings. The van der Waals surface area contributed by atoms with E-state index in [1.54, 1.807) is 0 Å². The maximum absolute atomic E-state index is 9.21. The van der Waals surface area contributed by atoms with Gasteiger partial charge in [0.1, 0.15) is 11.8 Å². The molecule has 1 N–H and O–H groups in total. The quantitative estimate of drug-likeness (QED) is 0.865. The zero-order chi connectivity index (χ0) is 13.6. The van der Waals surface area contributed by atoms with Gasteiger partial charge in [0.2, 0.25) is 0 Å². The molecular formula is C15H22N2O. The van der Waals surface area contributed by atoms with Crippen LogP contribution in [0.5, 0.6) is 5.75 Å². The number of hydrogen-bond donors (Lipinski definition) is 1. The van der Waals surface area contributed by atoms with Crippen molar-refractivity contribution in [3.63, 3.8) is 0 Å². The summed E-state index contributed by atoms with van der Waals surface area (Å²) in [6.45, 7) is 8.96. The third kappa shape index (κ3) is 4.77. The molecule has 0 aliphatic carbocycles. The minimum Gasteiger partial charge on any atom is -0.494 e. The zero-order valence-corrected chi connectivity index (χ0v) is 11.7. The van der Waals surface area contributed by atoms with Gasteiger partial charge in [-0.3, -0.25) is 5.32 Å². The summed E-state index contributed by atoms with van der Waals surface area (Å²) in [6, 6.07) is 9.72. The van der Waals surface area contributed by atoms with Crippen LogP contribution in [0.25, 0.3) is 0 Å². The molecule has 0 radical (unpaired) electrons. The first-order valence-corrected chi connectivity index (χ1v) is 6.36. The first kappa shape index (κ1) is 14.5. The fourth-order valence-corrected chi connectivity index (χ4v) is 1.60. The topological polar surface area (TPSA) is 45.0 Å². The van der Waals surface area contributed by atoms with Crippen LogP contribution in [0.2, 0.25) is 0 Å². The largest absolute Gasteiger partial charge is 0.494 e. The summed E-state index contributed by atoms with van der Waals surface area (Å²) in [6.07, 6.45) is 0.994. The van der Waals surface area contributed by atoms with Crippen LogP contribution in [0.1, 0.15) is 45.7 Å². The van der Waals surface area contributed by atoms with Gasteiger partial charge >= 0.3 is 0 Å². The number of nitrogens with one attached hydrogen (secondary N) is 1. The Balaban J connectivity index is 2.73. The monoisotopic (exact) mass is 246 g/mol. The van der Waals surface area contributed by atoms with Crippen molar-refractivity contribution < 1.29 is 4.74 Å². The van der Waals surface area contributed by atoms with Crippen LogP contribution in [-0.2, 0) is 0 Å². The van der Waals surface area contributed by atoms with Crippen LogP contribution >= 0.6 is 0 Å². The van der Waals surface area contributed by atoms with E-state index in [1.807, 2.05) is 24.3 Å². The Morgan fingerprint density at radius 2 is 1.89 bits per heavy atom. The van der Waals surface area contributed by atoms with Crippen molar-refractivity contribution in [2.45, 2.75) is 45.7 Å². The highest BCUT2D eigenvalue weighted by molar-refractivity contribution is 5.31. The van der Waals surface area contributed by atoms with Crippen LogP contribution in [0.15, 0.2) is 24.3 Å². The summed E-state index contributed by atoms with van der Waals surface area (Å²) < 4.78 is 5.52. The highest BCUT2D eigenvalue weighted by Crippen LogP contribution is 2.19. The predicted molar refractivity (Wildman–Crippen MR) is 73.5 cm³/mol. The van der Waals surface area contributed by atoms with E-state index >= 15 is 0 Å². The minimum absolute atomic E-state index is 0.0855. The number of ether oxygens (including phenoxy) is 1. The third-order valence-corrected chi connectivity index (χ3v) is 2.39. The molecule has 3 nitrogen and oxygen atoms in total. The van der Waals surface area contributed by atoms with E-state index < -0.39 is 0 Å². The fraction of sp³-hybridized carbons (Fsp3) is 0.533. The predicted octanol–water partition coefficient (Wildman–Crippen LogP) is 3.43. The lowest BCUT2D eigenvalue weighted by molar-refractivity contribution is 0.317. The SMILES string of the molecule is CCCOc1ccc(C(C#N)NC(C)(C)C)cc1. The van der Waals surface area contributed by atoms with E-state index in [0.717, 1.165) is 24.3 Å². The molecule has 0 saturated carbocycles. The van der Waals surface area contributed by atoms with Gasteiger partial charge in [-0.05, 0) is 44.9 Å². The standard InChI is InChI=1S/C15H22N2O/c1-5-10-18-13-8-6-12(7-9-13)14(11-16)17-15(2,3)4/h6-9,14,17H,5,10H2,1-4H3. The Morgan fingerprint density at radius 1 is 1.28 bits per heavy atom. The van der Waals surface area contributed by atoms with E-state index in [1.165, 1.54) is 0 Å². The second kappa shape index (κ2) is 6.42. The number of rotatable bonds is 5. The molecule has 1 aromatic carbocycles. The van der Waals surface area contributed by atoms with E-state index in [2.05, 4.69) is 39.1 Å². The van der Waals surface area contributed by atoms with Gasteiger partial charge in [-0.2, -0.15) is 5.26 Å². The van der Waals surface area contributed by atoms with Gasteiger partial charge in [0.15, 0.2) is 0 Å². The van der Waals surface area contributed by atoms with Crippen LogP contribution in [-0.4, -0.2) is 12.1 Å². The molecule has 18 heavy (non-hydrogen) atoms. The molecule has 0 heterocycles. The lowest BCUT2D eigenvalue weighted by atomic mass is 10.0. The summed E-state index contributed by atoms with van der Waals surface area (Å²) >= 11 is 0. The first-order valence-electron chi connectivity index (χ1n) is 6.36. The third-order valence-electron chi connectivity index (χ3n) is 2.39. The van der Waals surface area contributed by atoms with Crippen molar-refractivity contribution in [3.8, 4) is 11.8 Å². The molecule has 1 aromatic rings. The molecule has 1 unspecified atom stereocenters. The van der Waals surface area contributed by atoms with Gasteiger partial charge in [0.25, 0.3) is 0 Å². The molecule has 0 saturated heterocycles. The molecule has 98 valence electrons. The highest BCUT2D eigenvalue weighted by atomic mass is 16.5. The Bertz CT molecular complexity index is 398. The normalized spacial score (nSPS) is 12.8. The lowest BCUT2D eigenvalue weighted by Crippen LogP contribution is -2.38. The van der Waals surface area contributed by atoms with E-state index in [9.17, 15) is 5.26 Å². The average molecular weight is 246 g/mol. The van der Waals surface area contributed by atoms with Gasteiger partial charge in [0, 0.05) is 5.54 Å². The molecule has 0 spiro atoms.